The van der Waals surface area contributed by atoms with Crippen LogP contribution in [0.4, 0.5) is 11.4 Å². The van der Waals surface area contributed by atoms with Crippen LogP contribution in [-0.4, -0.2) is 30.2 Å². The minimum absolute atomic E-state index is 0.0351. The van der Waals surface area contributed by atoms with E-state index in [1.165, 1.54) is 0 Å². The number of carbonyl (C=O) groups is 1. The molecule has 0 spiro atoms. The second-order valence-corrected chi connectivity index (χ2v) is 7.75. The molecule has 0 saturated carbocycles. The van der Waals surface area contributed by atoms with Crippen LogP contribution in [0.15, 0.2) is 42.5 Å². The van der Waals surface area contributed by atoms with Gasteiger partial charge in [0.15, 0.2) is 5.11 Å². The van der Waals surface area contributed by atoms with Crippen LogP contribution in [0.1, 0.15) is 37.0 Å². The van der Waals surface area contributed by atoms with E-state index < -0.39 is 0 Å². The highest BCUT2D eigenvalue weighted by Crippen LogP contribution is 2.35. The largest absolute Gasteiger partial charge is 0.491 e. The van der Waals surface area contributed by atoms with Crippen LogP contribution in [0, 0.1) is 0 Å². The molecule has 28 heavy (non-hydrogen) atoms. The molecular formula is C21H24ClN3O2S. The van der Waals surface area contributed by atoms with Gasteiger partial charge in [-0.3, -0.25) is 10.1 Å². The van der Waals surface area contributed by atoms with E-state index in [1.54, 1.807) is 18.2 Å². The predicted molar refractivity (Wildman–Crippen MR) is 119 cm³/mol. The number of thiocarbonyl (C=S) groups is 1. The molecule has 2 N–H and O–H groups in total. The highest BCUT2D eigenvalue weighted by Gasteiger charge is 2.19. The molecule has 0 aromatic heterocycles. The van der Waals surface area contributed by atoms with E-state index in [1.807, 2.05) is 38.1 Å². The van der Waals surface area contributed by atoms with Gasteiger partial charge in [-0.25, -0.2) is 0 Å². The molecule has 1 amide bonds. The van der Waals surface area contributed by atoms with Gasteiger partial charge in [-0.15, -0.1) is 0 Å². The second-order valence-electron chi connectivity index (χ2n) is 6.93. The molecule has 2 aromatic rings. The van der Waals surface area contributed by atoms with Crippen LogP contribution in [0.2, 0.25) is 5.02 Å². The third-order valence-electron chi connectivity index (χ3n) is 4.35. The first kappa shape index (κ1) is 20.4. The molecule has 7 heteroatoms. The summed E-state index contributed by atoms with van der Waals surface area (Å²) in [6.45, 7) is 5.80. The van der Waals surface area contributed by atoms with E-state index in [0.717, 1.165) is 37.3 Å². The quantitative estimate of drug-likeness (QED) is 0.681. The maximum absolute atomic E-state index is 12.6. The Balaban J connectivity index is 1.69. The van der Waals surface area contributed by atoms with Crippen LogP contribution < -0.4 is 20.3 Å². The van der Waals surface area contributed by atoms with Crippen molar-refractivity contribution in [1.82, 2.24) is 5.32 Å². The lowest BCUT2D eigenvalue weighted by molar-refractivity contribution is 0.0977. The fraction of sp³-hybridized carbons (Fsp3) is 0.333. The summed E-state index contributed by atoms with van der Waals surface area (Å²) in [5.74, 6) is 0.351. The van der Waals surface area contributed by atoms with E-state index >= 15 is 0 Å². The Morgan fingerprint density at radius 2 is 1.89 bits per heavy atom. The SMILES string of the molecule is CC(C)Oc1cccc(C(=O)NC(=S)Nc2cccc(Cl)c2N2CCCC2)c1. The highest BCUT2D eigenvalue weighted by atomic mass is 35.5. The molecule has 0 atom stereocenters. The second kappa shape index (κ2) is 9.26. The zero-order chi connectivity index (χ0) is 20.1. The van der Waals surface area contributed by atoms with E-state index in [9.17, 15) is 4.79 Å². The Hall–Kier alpha value is -2.31. The molecule has 3 rings (SSSR count). The van der Waals surface area contributed by atoms with E-state index in [-0.39, 0.29) is 17.1 Å². The molecule has 1 saturated heterocycles. The standard InChI is InChI=1S/C21H24ClN3O2S/c1-14(2)27-16-8-5-7-15(13-16)20(26)24-21(28)23-18-10-6-9-17(22)19(18)25-11-3-4-12-25/h5-10,13-14H,3-4,11-12H2,1-2H3,(H2,23,24,26,28). The van der Waals surface area contributed by atoms with Crippen molar-refractivity contribution in [2.75, 3.05) is 23.3 Å². The molecule has 1 aliphatic heterocycles. The average Bonchev–Trinajstić information content (AvgIpc) is 3.15. The zero-order valence-electron chi connectivity index (χ0n) is 16.0. The number of amides is 1. The van der Waals surface area contributed by atoms with Gasteiger partial charge in [0.2, 0.25) is 0 Å². The summed E-state index contributed by atoms with van der Waals surface area (Å²) in [5.41, 5.74) is 2.19. The van der Waals surface area contributed by atoms with Crippen LogP contribution >= 0.6 is 23.8 Å². The lowest BCUT2D eigenvalue weighted by Crippen LogP contribution is -2.34. The fourth-order valence-electron chi connectivity index (χ4n) is 3.19. The highest BCUT2D eigenvalue weighted by molar-refractivity contribution is 7.80. The summed E-state index contributed by atoms with van der Waals surface area (Å²) in [4.78, 5) is 14.8. The van der Waals surface area contributed by atoms with Crippen LogP contribution in [0.25, 0.3) is 0 Å². The van der Waals surface area contributed by atoms with Crippen molar-refractivity contribution >= 4 is 46.2 Å². The summed E-state index contributed by atoms with van der Waals surface area (Å²) < 4.78 is 5.64. The number of ether oxygens (including phenoxy) is 1. The molecule has 148 valence electrons. The molecule has 1 aliphatic rings. The third-order valence-corrected chi connectivity index (χ3v) is 4.86. The van der Waals surface area contributed by atoms with E-state index in [0.29, 0.717) is 16.3 Å². The predicted octanol–water partition coefficient (Wildman–Crippen LogP) is 4.85. The maximum atomic E-state index is 12.6. The molecule has 2 aromatic carbocycles. The maximum Gasteiger partial charge on any atom is 0.257 e. The van der Waals surface area contributed by atoms with Crippen LogP contribution in [0.3, 0.4) is 0 Å². The smallest absolute Gasteiger partial charge is 0.257 e. The van der Waals surface area contributed by atoms with Gasteiger partial charge in [0.1, 0.15) is 5.75 Å². The van der Waals surface area contributed by atoms with Crippen LogP contribution in [-0.2, 0) is 0 Å². The summed E-state index contributed by atoms with van der Waals surface area (Å²) in [6.07, 6.45) is 2.31. The first-order chi connectivity index (χ1) is 13.4. The Bertz CT molecular complexity index is 866. The lowest BCUT2D eigenvalue weighted by Gasteiger charge is -2.23. The number of hydrogen-bond donors (Lipinski definition) is 2. The topological polar surface area (TPSA) is 53.6 Å². The monoisotopic (exact) mass is 417 g/mol. The first-order valence-corrected chi connectivity index (χ1v) is 10.1. The van der Waals surface area contributed by atoms with Gasteiger partial charge in [0, 0.05) is 18.7 Å². The van der Waals surface area contributed by atoms with Crippen molar-refractivity contribution in [2.45, 2.75) is 32.8 Å². The Kier molecular flexibility index (Phi) is 6.75. The summed E-state index contributed by atoms with van der Waals surface area (Å²) in [7, 11) is 0. The Morgan fingerprint density at radius 1 is 1.18 bits per heavy atom. The van der Waals surface area contributed by atoms with Crippen molar-refractivity contribution in [3.05, 3.63) is 53.1 Å². The molecular weight excluding hydrogens is 394 g/mol. The van der Waals surface area contributed by atoms with Gasteiger partial charge in [-0.05, 0) is 69.2 Å². The molecule has 0 bridgehead atoms. The molecule has 1 heterocycles. The number of halogens is 1. The summed E-state index contributed by atoms with van der Waals surface area (Å²) in [6, 6.07) is 12.7. The van der Waals surface area contributed by atoms with Crippen molar-refractivity contribution in [2.24, 2.45) is 0 Å². The normalized spacial score (nSPS) is 13.5. The van der Waals surface area contributed by atoms with Gasteiger partial charge in [-0.1, -0.05) is 23.7 Å². The summed E-state index contributed by atoms with van der Waals surface area (Å²) in [5, 5.41) is 6.74. The van der Waals surface area contributed by atoms with Crippen molar-refractivity contribution < 1.29 is 9.53 Å². The number of carbonyl (C=O) groups excluding carboxylic acids is 1. The number of nitrogens with zero attached hydrogens (tertiary/aromatic N) is 1. The number of benzene rings is 2. The number of nitrogens with one attached hydrogen (secondary N) is 2. The molecule has 0 unspecified atom stereocenters. The first-order valence-electron chi connectivity index (χ1n) is 9.36. The van der Waals surface area contributed by atoms with Gasteiger partial charge in [-0.2, -0.15) is 0 Å². The minimum atomic E-state index is -0.295. The molecule has 5 nitrogen and oxygen atoms in total. The lowest BCUT2D eigenvalue weighted by atomic mass is 10.2. The van der Waals surface area contributed by atoms with Gasteiger partial charge in [0.05, 0.1) is 22.5 Å². The number of rotatable bonds is 5. The van der Waals surface area contributed by atoms with Gasteiger partial charge < -0.3 is 15.0 Å². The Morgan fingerprint density at radius 3 is 2.61 bits per heavy atom. The summed E-state index contributed by atoms with van der Waals surface area (Å²) >= 11 is 11.8. The third kappa shape index (κ3) is 5.14. The van der Waals surface area contributed by atoms with E-state index in [4.69, 9.17) is 28.6 Å². The van der Waals surface area contributed by atoms with Crippen molar-refractivity contribution in [3.63, 3.8) is 0 Å². The number of para-hydroxylation sites is 1. The van der Waals surface area contributed by atoms with Gasteiger partial charge in [0.25, 0.3) is 5.91 Å². The minimum Gasteiger partial charge on any atom is -0.491 e. The van der Waals surface area contributed by atoms with Crippen molar-refractivity contribution in [3.8, 4) is 5.75 Å². The van der Waals surface area contributed by atoms with Gasteiger partial charge >= 0.3 is 0 Å². The average molecular weight is 418 g/mol. The zero-order valence-corrected chi connectivity index (χ0v) is 17.6. The molecule has 0 radical (unpaired) electrons. The Labute approximate surface area is 176 Å². The number of anilines is 2. The van der Waals surface area contributed by atoms with Crippen LogP contribution in [0.5, 0.6) is 5.75 Å². The van der Waals surface area contributed by atoms with E-state index in [2.05, 4.69) is 15.5 Å². The molecule has 1 fully saturated rings. The molecule has 0 aliphatic carbocycles. The fourth-order valence-corrected chi connectivity index (χ4v) is 3.69. The van der Waals surface area contributed by atoms with Crippen molar-refractivity contribution in [1.29, 1.82) is 0 Å². The number of hydrogen-bond acceptors (Lipinski definition) is 4.